The Morgan fingerprint density at radius 1 is 1.65 bits per heavy atom. The van der Waals surface area contributed by atoms with Crippen molar-refractivity contribution in [2.45, 2.75) is 19.5 Å². The van der Waals surface area contributed by atoms with Gasteiger partial charge >= 0.3 is 0 Å². The summed E-state index contributed by atoms with van der Waals surface area (Å²) >= 11 is 6.10. The summed E-state index contributed by atoms with van der Waals surface area (Å²) in [7, 11) is -1.20. The predicted octanol–water partition coefficient (Wildman–Crippen LogP) is 0.782. The molecule has 1 unspecified atom stereocenters. The Hall–Kier alpha value is -0.850. The Morgan fingerprint density at radius 2 is 2.35 bits per heavy atom. The van der Waals surface area contributed by atoms with Gasteiger partial charge < -0.3 is 5.32 Å². The van der Waals surface area contributed by atoms with Crippen LogP contribution in [0.2, 0.25) is 5.02 Å². The molecule has 94 valence electrons. The van der Waals surface area contributed by atoms with Crippen molar-refractivity contribution >= 4 is 21.4 Å². The van der Waals surface area contributed by atoms with Crippen LogP contribution in [0.1, 0.15) is 11.4 Å². The van der Waals surface area contributed by atoms with Gasteiger partial charge in [-0.25, -0.2) is 8.42 Å². The average Bonchev–Trinajstić information content (AvgIpc) is 2.68. The maximum atomic E-state index is 11.2. The van der Waals surface area contributed by atoms with Crippen LogP contribution in [0.25, 0.3) is 0 Å². The molecule has 5 nitrogen and oxygen atoms in total. The summed E-state index contributed by atoms with van der Waals surface area (Å²) in [5.41, 5.74) is 1.64. The van der Waals surface area contributed by atoms with E-state index in [1.807, 2.05) is 14.0 Å². The minimum absolute atomic E-state index is 0.113. The van der Waals surface area contributed by atoms with E-state index >= 15 is 0 Å². The van der Waals surface area contributed by atoms with Crippen molar-refractivity contribution in [3.63, 3.8) is 0 Å². The number of aryl methyl sites for hydroxylation is 2. The Balaban J connectivity index is 2.02. The molecule has 0 saturated carbocycles. The number of halogens is 1. The highest BCUT2D eigenvalue weighted by atomic mass is 35.5. The van der Waals surface area contributed by atoms with E-state index in [9.17, 15) is 8.42 Å². The maximum Gasteiger partial charge on any atom is 0.173 e. The Kier molecular flexibility index (Phi) is 3.29. The quantitative estimate of drug-likeness (QED) is 0.886. The van der Waals surface area contributed by atoms with E-state index < -0.39 is 9.84 Å². The summed E-state index contributed by atoms with van der Waals surface area (Å²) < 4.78 is 24.1. The fourth-order valence-corrected chi connectivity index (χ4v) is 3.30. The van der Waals surface area contributed by atoms with Crippen LogP contribution >= 0.6 is 11.6 Å². The van der Waals surface area contributed by atoms with Crippen LogP contribution in [0.15, 0.2) is 11.5 Å². The molecule has 0 aliphatic carbocycles. The fraction of sp³-hybridized carbons (Fsp3) is 0.500. The molecular formula is C10H14ClN3O2S. The largest absolute Gasteiger partial charge is 0.304 e. The topological polar surface area (TPSA) is 64.0 Å². The zero-order valence-electron chi connectivity index (χ0n) is 9.64. The number of nitrogens with one attached hydrogen (secondary N) is 1. The summed E-state index contributed by atoms with van der Waals surface area (Å²) in [5.74, 6) is 0.113. The number of sulfone groups is 1. The molecule has 0 radical (unpaired) electrons. The Labute approximate surface area is 105 Å². The minimum Gasteiger partial charge on any atom is -0.304 e. The molecule has 0 bridgehead atoms. The lowest BCUT2D eigenvalue weighted by molar-refractivity contribution is 0.577. The van der Waals surface area contributed by atoms with Crippen LogP contribution in [0.5, 0.6) is 0 Å². The first kappa shape index (κ1) is 12.6. The highest BCUT2D eigenvalue weighted by Gasteiger charge is 2.22. The number of aromatic nitrogens is 2. The fourth-order valence-electron chi connectivity index (χ4n) is 1.80. The van der Waals surface area contributed by atoms with Crippen LogP contribution in [0.3, 0.4) is 0 Å². The van der Waals surface area contributed by atoms with Gasteiger partial charge in [-0.3, -0.25) is 4.68 Å². The van der Waals surface area contributed by atoms with E-state index in [1.165, 1.54) is 5.41 Å². The predicted molar refractivity (Wildman–Crippen MR) is 66.5 cm³/mol. The summed E-state index contributed by atoms with van der Waals surface area (Å²) in [5, 5.41) is 9.21. The molecular weight excluding hydrogens is 262 g/mol. The van der Waals surface area contributed by atoms with Gasteiger partial charge in [-0.15, -0.1) is 0 Å². The summed E-state index contributed by atoms with van der Waals surface area (Å²) in [4.78, 5) is 0. The summed E-state index contributed by atoms with van der Waals surface area (Å²) in [6.45, 7) is 2.34. The van der Waals surface area contributed by atoms with Gasteiger partial charge in [-0.05, 0) is 6.92 Å². The van der Waals surface area contributed by atoms with E-state index in [-0.39, 0.29) is 11.8 Å². The molecule has 7 heteroatoms. The minimum atomic E-state index is -3.01. The summed E-state index contributed by atoms with van der Waals surface area (Å²) in [6, 6.07) is -0.147. The number of nitrogens with zero attached hydrogens (tertiary/aromatic N) is 2. The SMILES string of the molecule is Cc1nn(C)c(CNC2C=CS(=O)(=O)C2)c1Cl. The number of rotatable bonds is 3. The van der Waals surface area contributed by atoms with Gasteiger partial charge in [0.15, 0.2) is 9.84 Å². The van der Waals surface area contributed by atoms with Crippen molar-refractivity contribution in [3.8, 4) is 0 Å². The van der Waals surface area contributed by atoms with Gasteiger partial charge in [-0.2, -0.15) is 5.10 Å². The van der Waals surface area contributed by atoms with Crippen molar-refractivity contribution in [3.05, 3.63) is 27.9 Å². The number of hydrogen-bond acceptors (Lipinski definition) is 4. The standard InChI is InChI=1S/C10H14ClN3O2S/c1-7-10(11)9(14(2)13-7)5-12-8-3-4-17(15,16)6-8/h3-4,8,12H,5-6H2,1-2H3. The Morgan fingerprint density at radius 3 is 2.82 bits per heavy atom. The lowest BCUT2D eigenvalue weighted by Crippen LogP contribution is -2.30. The van der Waals surface area contributed by atoms with Gasteiger partial charge in [0.1, 0.15) is 0 Å². The molecule has 0 amide bonds. The second-order valence-electron chi connectivity index (χ2n) is 4.12. The van der Waals surface area contributed by atoms with Crippen LogP contribution in [-0.2, 0) is 23.4 Å². The molecule has 0 saturated heterocycles. The molecule has 2 rings (SSSR count). The lowest BCUT2D eigenvalue weighted by atomic mass is 10.3. The molecule has 1 atom stereocenters. The van der Waals surface area contributed by atoms with Crippen molar-refractivity contribution in [1.29, 1.82) is 0 Å². The zero-order valence-corrected chi connectivity index (χ0v) is 11.2. The second-order valence-corrected chi connectivity index (χ2v) is 6.42. The van der Waals surface area contributed by atoms with Gasteiger partial charge in [0.2, 0.25) is 0 Å². The molecule has 17 heavy (non-hydrogen) atoms. The van der Waals surface area contributed by atoms with Crippen LogP contribution in [0.4, 0.5) is 0 Å². The van der Waals surface area contributed by atoms with Gasteiger partial charge in [0, 0.05) is 25.0 Å². The highest BCUT2D eigenvalue weighted by molar-refractivity contribution is 7.94. The van der Waals surface area contributed by atoms with Crippen LogP contribution in [0, 0.1) is 6.92 Å². The second kappa shape index (κ2) is 4.44. The normalized spacial score (nSPS) is 22.2. The van der Waals surface area contributed by atoms with Gasteiger partial charge in [0.05, 0.1) is 22.2 Å². The van der Waals surface area contributed by atoms with E-state index in [1.54, 1.807) is 10.8 Å². The molecule has 1 aromatic rings. The molecule has 0 fully saturated rings. The first-order valence-electron chi connectivity index (χ1n) is 5.21. The molecule has 1 aromatic heterocycles. The zero-order chi connectivity index (χ0) is 12.6. The van der Waals surface area contributed by atoms with Gasteiger partial charge in [0.25, 0.3) is 0 Å². The average molecular weight is 276 g/mol. The molecule has 2 heterocycles. The van der Waals surface area contributed by atoms with Crippen molar-refractivity contribution in [2.75, 3.05) is 5.75 Å². The van der Waals surface area contributed by atoms with Crippen molar-refractivity contribution in [1.82, 2.24) is 15.1 Å². The van der Waals surface area contributed by atoms with E-state index in [4.69, 9.17) is 11.6 Å². The van der Waals surface area contributed by atoms with Crippen molar-refractivity contribution in [2.24, 2.45) is 7.05 Å². The maximum absolute atomic E-state index is 11.2. The molecule has 1 aliphatic rings. The molecule has 1 aliphatic heterocycles. The third-order valence-corrected chi connectivity index (χ3v) is 4.61. The first-order valence-corrected chi connectivity index (χ1v) is 7.31. The van der Waals surface area contributed by atoms with Crippen LogP contribution in [-0.4, -0.2) is 30.0 Å². The highest BCUT2D eigenvalue weighted by Crippen LogP contribution is 2.19. The Bertz CT molecular complexity index is 562. The van der Waals surface area contributed by atoms with Crippen LogP contribution < -0.4 is 5.32 Å². The third-order valence-electron chi connectivity index (χ3n) is 2.72. The molecule has 0 aromatic carbocycles. The lowest BCUT2D eigenvalue weighted by Gasteiger charge is -2.10. The van der Waals surface area contributed by atoms with E-state index in [0.29, 0.717) is 11.6 Å². The van der Waals surface area contributed by atoms with E-state index in [0.717, 1.165) is 11.4 Å². The molecule has 1 N–H and O–H groups in total. The van der Waals surface area contributed by atoms with E-state index in [2.05, 4.69) is 10.4 Å². The summed E-state index contributed by atoms with van der Waals surface area (Å²) in [6.07, 6.45) is 1.66. The first-order chi connectivity index (χ1) is 7.89. The monoisotopic (exact) mass is 275 g/mol. The smallest absolute Gasteiger partial charge is 0.173 e. The third kappa shape index (κ3) is 2.70. The number of hydrogen-bond donors (Lipinski definition) is 1. The van der Waals surface area contributed by atoms with Gasteiger partial charge in [-0.1, -0.05) is 17.7 Å². The van der Waals surface area contributed by atoms with Crippen molar-refractivity contribution < 1.29 is 8.42 Å². The molecule has 0 spiro atoms.